The summed E-state index contributed by atoms with van der Waals surface area (Å²) in [4.78, 5) is 24.7. The zero-order valence-electron chi connectivity index (χ0n) is 11.7. The number of carboxylic acid groups (broad SMARTS) is 1. The van der Waals surface area contributed by atoms with Gasteiger partial charge in [-0.15, -0.1) is 11.3 Å². The molecule has 1 N–H and O–H groups in total. The van der Waals surface area contributed by atoms with Crippen LogP contribution in [0.2, 0.25) is 0 Å². The molecule has 3 aromatic rings. The van der Waals surface area contributed by atoms with Crippen molar-refractivity contribution in [2.24, 2.45) is 0 Å². The van der Waals surface area contributed by atoms with Crippen LogP contribution < -0.4 is 0 Å². The maximum absolute atomic E-state index is 12.8. The minimum Gasteiger partial charge on any atom is -0.481 e. The fourth-order valence-electron chi connectivity index (χ4n) is 3.11. The van der Waals surface area contributed by atoms with Gasteiger partial charge in [0.25, 0.3) is 0 Å². The molecule has 0 saturated carbocycles. The van der Waals surface area contributed by atoms with Crippen LogP contribution >= 0.6 is 11.3 Å². The quantitative estimate of drug-likeness (QED) is 0.753. The van der Waals surface area contributed by atoms with E-state index in [1.807, 2.05) is 34.9 Å². The lowest BCUT2D eigenvalue weighted by molar-refractivity contribution is -0.138. The summed E-state index contributed by atoms with van der Waals surface area (Å²) < 4.78 is 2.94. The predicted molar refractivity (Wildman–Crippen MR) is 84.7 cm³/mol. The average molecular weight is 311 g/mol. The van der Waals surface area contributed by atoms with Gasteiger partial charge in [0.05, 0.1) is 16.5 Å². The van der Waals surface area contributed by atoms with Gasteiger partial charge < -0.3 is 9.67 Å². The van der Waals surface area contributed by atoms with E-state index in [-0.39, 0.29) is 5.78 Å². The first-order chi connectivity index (χ1) is 10.6. The normalized spacial score (nSPS) is 16.8. The molecule has 4 nitrogen and oxygen atoms in total. The number of thiophene rings is 1. The SMILES string of the molecule is O=C(c1cc2ccccc2s1)c1ccc2n1CCC2C(=O)O. The van der Waals surface area contributed by atoms with Crippen molar-refractivity contribution < 1.29 is 14.7 Å². The second-order valence-electron chi connectivity index (χ2n) is 5.45. The third-order valence-electron chi connectivity index (χ3n) is 4.19. The van der Waals surface area contributed by atoms with Crippen molar-refractivity contribution in [1.29, 1.82) is 0 Å². The molecule has 22 heavy (non-hydrogen) atoms. The van der Waals surface area contributed by atoms with E-state index in [9.17, 15) is 14.7 Å². The van der Waals surface area contributed by atoms with Crippen LogP contribution in [0, 0.1) is 0 Å². The van der Waals surface area contributed by atoms with Gasteiger partial charge in [-0.1, -0.05) is 18.2 Å². The smallest absolute Gasteiger partial charge is 0.312 e. The Morgan fingerprint density at radius 3 is 2.77 bits per heavy atom. The summed E-state index contributed by atoms with van der Waals surface area (Å²) in [6.45, 7) is 0.589. The number of hydrogen-bond donors (Lipinski definition) is 1. The fourth-order valence-corrected chi connectivity index (χ4v) is 4.12. The van der Waals surface area contributed by atoms with Gasteiger partial charge in [0, 0.05) is 16.9 Å². The van der Waals surface area contributed by atoms with Gasteiger partial charge in [0.1, 0.15) is 0 Å². The second kappa shape index (κ2) is 4.81. The molecule has 1 aliphatic heterocycles. The van der Waals surface area contributed by atoms with Crippen molar-refractivity contribution in [3.8, 4) is 0 Å². The molecular formula is C17H13NO3S. The van der Waals surface area contributed by atoms with Gasteiger partial charge in [-0.3, -0.25) is 9.59 Å². The van der Waals surface area contributed by atoms with Crippen molar-refractivity contribution in [1.82, 2.24) is 4.57 Å². The van der Waals surface area contributed by atoms with E-state index in [0.29, 0.717) is 23.5 Å². The zero-order valence-corrected chi connectivity index (χ0v) is 12.5. The van der Waals surface area contributed by atoms with Crippen LogP contribution in [0.5, 0.6) is 0 Å². The van der Waals surface area contributed by atoms with E-state index in [1.54, 1.807) is 12.1 Å². The predicted octanol–water partition coefficient (Wildman–Crippen LogP) is 3.51. The highest BCUT2D eigenvalue weighted by Gasteiger charge is 2.31. The molecule has 1 unspecified atom stereocenters. The summed E-state index contributed by atoms with van der Waals surface area (Å²) in [7, 11) is 0. The highest BCUT2D eigenvalue weighted by molar-refractivity contribution is 7.21. The number of nitrogens with zero attached hydrogens (tertiary/aromatic N) is 1. The Balaban J connectivity index is 1.75. The fraction of sp³-hybridized carbons (Fsp3) is 0.176. The molecule has 3 heterocycles. The Morgan fingerprint density at radius 1 is 1.18 bits per heavy atom. The topological polar surface area (TPSA) is 59.3 Å². The molecule has 1 atom stereocenters. The van der Waals surface area contributed by atoms with E-state index >= 15 is 0 Å². The first kappa shape index (κ1) is 13.3. The van der Waals surface area contributed by atoms with Gasteiger partial charge in [-0.2, -0.15) is 0 Å². The van der Waals surface area contributed by atoms with Gasteiger partial charge in [-0.25, -0.2) is 0 Å². The molecule has 2 aromatic heterocycles. The maximum atomic E-state index is 12.8. The molecule has 0 saturated heterocycles. The average Bonchev–Trinajstić information content (AvgIpc) is 3.19. The molecule has 5 heteroatoms. The molecule has 0 aliphatic carbocycles. The standard InChI is InChI=1S/C17H13NO3S/c19-16(15-9-10-3-1-2-4-14(10)22-15)13-6-5-12-11(17(20)21)7-8-18(12)13/h1-6,9,11H,7-8H2,(H,20,21). The number of rotatable bonds is 3. The minimum atomic E-state index is -0.822. The molecule has 4 rings (SSSR count). The lowest BCUT2D eigenvalue weighted by Crippen LogP contribution is -2.09. The Labute approximate surface area is 130 Å². The summed E-state index contributed by atoms with van der Waals surface area (Å²) in [5.41, 5.74) is 1.32. The van der Waals surface area contributed by atoms with E-state index in [0.717, 1.165) is 15.8 Å². The number of fused-ring (bicyclic) bond motifs is 2. The van der Waals surface area contributed by atoms with Crippen LogP contribution in [-0.4, -0.2) is 21.4 Å². The molecular weight excluding hydrogens is 298 g/mol. The van der Waals surface area contributed by atoms with Crippen molar-refractivity contribution in [2.45, 2.75) is 18.9 Å². The van der Waals surface area contributed by atoms with Crippen molar-refractivity contribution >= 4 is 33.2 Å². The minimum absolute atomic E-state index is 0.0292. The number of carbonyl (C=O) groups is 2. The molecule has 0 fully saturated rings. The first-order valence-corrected chi connectivity index (χ1v) is 7.92. The molecule has 1 aromatic carbocycles. The van der Waals surface area contributed by atoms with Gasteiger partial charge in [0.2, 0.25) is 5.78 Å². The number of ketones is 1. The third-order valence-corrected chi connectivity index (χ3v) is 5.31. The number of carbonyl (C=O) groups excluding carboxylic acids is 1. The Kier molecular flexibility index (Phi) is 2.90. The third kappa shape index (κ3) is 1.89. The second-order valence-corrected chi connectivity index (χ2v) is 6.54. The monoisotopic (exact) mass is 311 g/mol. The maximum Gasteiger partial charge on any atom is 0.312 e. The Bertz CT molecular complexity index is 873. The van der Waals surface area contributed by atoms with Crippen LogP contribution in [0.4, 0.5) is 0 Å². The number of aromatic nitrogens is 1. The van der Waals surface area contributed by atoms with Crippen LogP contribution in [-0.2, 0) is 11.3 Å². The summed E-state index contributed by atoms with van der Waals surface area (Å²) in [5, 5.41) is 10.3. The van der Waals surface area contributed by atoms with Gasteiger partial charge >= 0.3 is 5.97 Å². The first-order valence-electron chi connectivity index (χ1n) is 7.10. The summed E-state index contributed by atoms with van der Waals surface area (Å²) in [6, 6.07) is 13.3. The molecule has 0 spiro atoms. The lowest BCUT2D eigenvalue weighted by atomic mass is 10.1. The summed E-state index contributed by atoms with van der Waals surface area (Å²) >= 11 is 1.48. The Morgan fingerprint density at radius 2 is 2.00 bits per heavy atom. The van der Waals surface area contributed by atoms with Gasteiger partial charge in [0.15, 0.2) is 0 Å². The molecule has 0 bridgehead atoms. The van der Waals surface area contributed by atoms with Gasteiger partial charge in [-0.05, 0) is 36.1 Å². The highest BCUT2D eigenvalue weighted by Crippen LogP contribution is 2.33. The lowest BCUT2D eigenvalue weighted by Gasteiger charge is -2.04. The van der Waals surface area contributed by atoms with E-state index in [1.165, 1.54) is 11.3 Å². The van der Waals surface area contributed by atoms with E-state index in [2.05, 4.69) is 0 Å². The van der Waals surface area contributed by atoms with E-state index in [4.69, 9.17) is 0 Å². The van der Waals surface area contributed by atoms with Crippen LogP contribution in [0.25, 0.3) is 10.1 Å². The van der Waals surface area contributed by atoms with Crippen LogP contribution in [0.1, 0.15) is 33.4 Å². The molecule has 0 amide bonds. The number of aliphatic carboxylic acids is 1. The van der Waals surface area contributed by atoms with E-state index < -0.39 is 11.9 Å². The van der Waals surface area contributed by atoms with Crippen LogP contribution in [0.3, 0.4) is 0 Å². The molecule has 0 radical (unpaired) electrons. The van der Waals surface area contributed by atoms with Crippen LogP contribution in [0.15, 0.2) is 42.5 Å². The number of benzene rings is 1. The number of carboxylic acids is 1. The highest BCUT2D eigenvalue weighted by atomic mass is 32.1. The Hall–Kier alpha value is -2.40. The number of hydrogen-bond acceptors (Lipinski definition) is 3. The molecule has 110 valence electrons. The largest absolute Gasteiger partial charge is 0.481 e. The summed E-state index contributed by atoms with van der Waals surface area (Å²) in [5.74, 6) is -1.35. The zero-order chi connectivity index (χ0) is 15.3. The summed E-state index contributed by atoms with van der Waals surface area (Å²) in [6.07, 6.45) is 0.554. The van der Waals surface area contributed by atoms with Crippen molar-refractivity contribution in [2.75, 3.05) is 0 Å². The molecule has 1 aliphatic rings. The van der Waals surface area contributed by atoms with Crippen molar-refractivity contribution in [3.05, 3.63) is 58.7 Å². The van der Waals surface area contributed by atoms with Crippen molar-refractivity contribution in [3.63, 3.8) is 0 Å².